The van der Waals surface area contributed by atoms with Crippen molar-refractivity contribution in [3.8, 4) is 0 Å². The molecule has 8 rings (SSSR count). The molecule has 1 aromatic carbocycles. The summed E-state index contributed by atoms with van der Waals surface area (Å²) in [7, 11) is 0. The third-order valence-electron chi connectivity index (χ3n) is 16.1. The van der Waals surface area contributed by atoms with Crippen LogP contribution in [0.25, 0.3) is 0 Å². The van der Waals surface area contributed by atoms with E-state index in [4.69, 9.17) is 4.98 Å². The number of rotatable bonds is 16. The van der Waals surface area contributed by atoms with Crippen molar-refractivity contribution in [3.63, 3.8) is 0 Å². The zero-order valence-corrected chi connectivity index (χ0v) is 45.0. The summed E-state index contributed by atoms with van der Waals surface area (Å²) in [6, 6.07) is 3.64. The fraction of sp³-hybridized carbons (Fsp3) is 0.691. The average Bonchev–Trinajstić information content (AvgIpc) is 4.24. The van der Waals surface area contributed by atoms with Crippen LogP contribution in [0, 0.1) is 17.8 Å². The molecular weight excluding hydrogens is 947 g/mol. The van der Waals surface area contributed by atoms with Crippen LogP contribution in [-0.4, -0.2) is 152 Å². The zero-order valence-electron chi connectivity index (χ0n) is 44.2. The normalized spacial score (nSPS) is 24.4. The van der Waals surface area contributed by atoms with Gasteiger partial charge in [-0.05, 0) is 119 Å². The van der Waals surface area contributed by atoms with Gasteiger partial charge in [0.25, 0.3) is 5.91 Å². The van der Waals surface area contributed by atoms with Gasteiger partial charge in [0.2, 0.25) is 35.4 Å². The minimum absolute atomic E-state index is 0.0121. The molecule has 18 heteroatoms. The third kappa shape index (κ3) is 12.0. The van der Waals surface area contributed by atoms with E-state index in [2.05, 4.69) is 28.1 Å². The van der Waals surface area contributed by atoms with Crippen molar-refractivity contribution < 1.29 is 38.4 Å². The minimum Gasteiger partial charge on any atom is -0.343 e. The molecule has 5 saturated heterocycles. The van der Waals surface area contributed by atoms with Crippen LogP contribution in [0.15, 0.2) is 24.3 Å². The van der Waals surface area contributed by atoms with Gasteiger partial charge in [0.15, 0.2) is 5.78 Å². The van der Waals surface area contributed by atoms with Crippen molar-refractivity contribution in [2.45, 2.75) is 187 Å². The topological polar surface area (TPSA) is 202 Å². The first kappa shape index (κ1) is 54.0. The van der Waals surface area contributed by atoms with Gasteiger partial charge in [-0.2, -0.15) is 0 Å². The van der Waals surface area contributed by atoms with Gasteiger partial charge >= 0.3 is 0 Å². The van der Waals surface area contributed by atoms with E-state index in [1.54, 1.807) is 26.5 Å². The van der Waals surface area contributed by atoms with E-state index in [0.717, 1.165) is 28.4 Å². The van der Waals surface area contributed by atoms with Crippen LogP contribution in [0.1, 0.15) is 169 Å². The number of hydrogen-bond donors (Lipinski definition) is 3. The molecule has 0 bridgehead atoms. The highest BCUT2D eigenvalue weighted by Gasteiger charge is 2.46. The highest BCUT2D eigenvalue weighted by atomic mass is 32.1. The summed E-state index contributed by atoms with van der Waals surface area (Å²) in [4.78, 5) is 127. The van der Waals surface area contributed by atoms with E-state index >= 15 is 0 Å². The highest BCUT2D eigenvalue weighted by molar-refractivity contribution is 7.12. The number of fused-ring (bicyclic) bond motifs is 1. The van der Waals surface area contributed by atoms with Crippen LogP contribution in [0.5, 0.6) is 0 Å². The Bertz CT molecular complexity index is 2390. The van der Waals surface area contributed by atoms with Gasteiger partial charge in [-0.1, -0.05) is 65.8 Å². The third-order valence-corrected chi connectivity index (χ3v) is 17.5. The Balaban J connectivity index is 0.889. The van der Waals surface area contributed by atoms with Crippen LogP contribution >= 0.6 is 11.3 Å². The molecule has 1 aromatic heterocycles. The van der Waals surface area contributed by atoms with Gasteiger partial charge in [0, 0.05) is 57.0 Å². The Labute approximate surface area is 435 Å². The molecule has 0 spiro atoms. The summed E-state index contributed by atoms with van der Waals surface area (Å²) >= 11 is 1.50. The number of carbonyl (C=O) groups excluding carboxylic acids is 8. The highest BCUT2D eigenvalue weighted by Crippen LogP contribution is 2.39. The minimum atomic E-state index is -0.902. The lowest BCUT2D eigenvalue weighted by molar-refractivity contribution is -0.148. The number of amides is 7. The first-order chi connectivity index (χ1) is 34.9. The maximum absolute atomic E-state index is 14.6. The summed E-state index contributed by atoms with van der Waals surface area (Å²) in [5.41, 5.74) is 2.71. The Morgan fingerprint density at radius 2 is 1.25 bits per heavy atom. The van der Waals surface area contributed by atoms with Gasteiger partial charge in [-0.3, -0.25) is 38.4 Å². The molecule has 398 valence electrons. The lowest BCUT2D eigenvalue weighted by Gasteiger charge is -2.36. The van der Waals surface area contributed by atoms with E-state index in [-0.39, 0.29) is 77.0 Å². The Morgan fingerprint density at radius 3 is 1.84 bits per heavy atom. The summed E-state index contributed by atoms with van der Waals surface area (Å²) in [5, 5.41) is 9.99. The molecule has 3 N–H and O–H groups in total. The molecule has 5 fully saturated rings. The first-order valence-corrected chi connectivity index (χ1v) is 28.2. The van der Waals surface area contributed by atoms with E-state index in [9.17, 15) is 38.4 Å². The fourth-order valence-corrected chi connectivity index (χ4v) is 13.4. The number of aromatic nitrogens is 1. The number of piperidine rings is 1. The summed E-state index contributed by atoms with van der Waals surface area (Å²) < 4.78 is 0. The number of benzene rings is 1. The number of likely N-dealkylation sites (tertiary alicyclic amines) is 4. The SMILES string of the molecule is CC(=O)N1Cc2ccccc2C[C@@H]1c1nc(C(=O)N2CCC(C(=O)[C@@H]3CCCN3C(=O)[C@H](CC(C)C)NC(=O)[C@@H]3CCCN3C(=O)[C@@H]3CCCN3C(=O)[C@H](CC(C)C)NC(=O)[C@@H]3CCCN3)CC2)c(C(C)C)s1. The monoisotopic (exact) mass is 1030 g/mol. The van der Waals surface area contributed by atoms with Gasteiger partial charge in [0.1, 0.15) is 34.9 Å². The van der Waals surface area contributed by atoms with Crippen molar-refractivity contribution in [1.82, 2.24) is 45.4 Å². The first-order valence-electron chi connectivity index (χ1n) is 27.3. The van der Waals surface area contributed by atoms with Crippen molar-refractivity contribution in [1.29, 1.82) is 0 Å². The number of nitrogens with one attached hydrogen (secondary N) is 3. The van der Waals surface area contributed by atoms with Crippen molar-refractivity contribution in [2.75, 3.05) is 39.3 Å². The summed E-state index contributed by atoms with van der Waals surface area (Å²) in [6.45, 7) is 16.8. The van der Waals surface area contributed by atoms with Crippen LogP contribution in [0.2, 0.25) is 0 Å². The molecule has 6 aliphatic rings. The molecule has 73 heavy (non-hydrogen) atoms. The average molecular weight is 1030 g/mol. The van der Waals surface area contributed by atoms with Crippen LogP contribution in [-0.2, 0) is 46.5 Å². The molecule has 7 heterocycles. The second-order valence-electron chi connectivity index (χ2n) is 22.6. The van der Waals surface area contributed by atoms with Crippen LogP contribution < -0.4 is 16.0 Å². The molecule has 6 aliphatic heterocycles. The Hall–Kier alpha value is -5.23. The smallest absolute Gasteiger partial charge is 0.273 e. The summed E-state index contributed by atoms with van der Waals surface area (Å²) in [6.07, 6.45) is 7.22. The lowest BCUT2D eigenvalue weighted by atomic mass is 9.87. The van der Waals surface area contributed by atoms with Crippen molar-refractivity contribution >= 4 is 58.5 Å². The van der Waals surface area contributed by atoms with E-state index in [0.29, 0.717) is 122 Å². The van der Waals surface area contributed by atoms with Crippen molar-refractivity contribution in [2.24, 2.45) is 17.8 Å². The van der Waals surface area contributed by atoms with E-state index in [1.807, 2.05) is 58.6 Å². The lowest BCUT2D eigenvalue weighted by Crippen LogP contribution is -2.59. The second-order valence-corrected chi connectivity index (χ2v) is 23.7. The van der Waals surface area contributed by atoms with E-state index < -0.39 is 36.1 Å². The largest absolute Gasteiger partial charge is 0.343 e. The number of ketones is 1. The van der Waals surface area contributed by atoms with Gasteiger partial charge in [0.05, 0.1) is 18.1 Å². The maximum Gasteiger partial charge on any atom is 0.273 e. The van der Waals surface area contributed by atoms with Gasteiger partial charge in [-0.25, -0.2) is 4.98 Å². The Kier molecular flexibility index (Phi) is 17.4. The molecule has 2 aromatic rings. The maximum atomic E-state index is 14.6. The standard InChI is InChI=1S/C55H79N9O8S/c1-32(2)28-40(57-49(67)39-16-10-22-56-39)53(70)63-25-13-19-44(63)54(71)62-24-12-18-43(62)50(68)58-41(29-33(3)4)52(69)61-23-11-17-42(61)47(66)36-20-26-60(27-21-36)55(72)46-48(34(5)6)73-51(59-46)45-30-37-14-8-9-15-38(37)31-64(45)35(7)65/h8-9,14-15,32-34,36,39-45,56H,10-13,16-31H2,1-7H3,(H,57,67)(H,58,68)/t39-,40-,41-,42-,43-,44-,45+/m0/s1. The molecular formula is C55H79N9O8S. The van der Waals surface area contributed by atoms with Crippen molar-refractivity contribution in [3.05, 3.63) is 51.0 Å². The molecule has 0 radical (unpaired) electrons. The second kappa shape index (κ2) is 23.5. The number of carbonyl (C=O) groups is 8. The zero-order chi connectivity index (χ0) is 52.2. The Morgan fingerprint density at radius 1 is 0.671 bits per heavy atom. The number of Topliss-reactive ketones (excluding diaryl/α,β-unsaturated/α-hetero) is 1. The summed E-state index contributed by atoms with van der Waals surface area (Å²) in [5.74, 6) is -1.85. The quantitative estimate of drug-likeness (QED) is 0.203. The van der Waals surface area contributed by atoms with E-state index in [1.165, 1.54) is 16.9 Å². The predicted molar refractivity (Wildman–Crippen MR) is 277 cm³/mol. The van der Waals surface area contributed by atoms with Gasteiger partial charge < -0.3 is 40.4 Å². The molecule has 17 nitrogen and oxygen atoms in total. The fourth-order valence-electron chi connectivity index (χ4n) is 12.2. The predicted octanol–water partition coefficient (Wildman–Crippen LogP) is 5.12. The number of thiazole rings is 1. The molecule has 0 unspecified atom stereocenters. The van der Waals surface area contributed by atoms with Crippen LogP contribution in [0.3, 0.4) is 0 Å². The molecule has 7 amide bonds. The molecule has 7 atom stereocenters. The molecule has 0 saturated carbocycles. The number of nitrogens with zero attached hydrogens (tertiary/aromatic N) is 6. The van der Waals surface area contributed by atoms with Gasteiger partial charge in [-0.15, -0.1) is 11.3 Å². The molecule has 0 aliphatic carbocycles. The van der Waals surface area contributed by atoms with Crippen LogP contribution in [0.4, 0.5) is 0 Å². The number of hydrogen-bond acceptors (Lipinski definition) is 11.